The smallest absolute Gasteiger partial charge is 0.242 e. The number of hydrogen-bond donors (Lipinski definition) is 1. The Labute approximate surface area is 224 Å². The lowest BCUT2D eigenvalue weighted by molar-refractivity contribution is -0.141. The zero-order valence-electron chi connectivity index (χ0n) is 22.4. The van der Waals surface area contributed by atoms with Crippen molar-refractivity contribution in [2.24, 2.45) is 0 Å². The zero-order chi connectivity index (χ0) is 27.7. The molecule has 208 valence electrons. The fraction of sp³-hybridized carbons (Fsp3) is 0.481. The second kappa shape index (κ2) is 13.4. The van der Waals surface area contributed by atoms with E-state index in [2.05, 4.69) is 5.32 Å². The van der Waals surface area contributed by atoms with Crippen LogP contribution in [0.1, 0.15) is 38.7 Å². The molecule has 0 fully saturated rings. The highest BCUT2D eigenvalue weighted by atomic mass is 32.2. The minimum Gasteiger partial charge on any atom is -0.497 e. The molecule has 1 atom stereocenters. The molecular weight excluding hydrogens is 510 g/mol. The number of rotatable bonds is 13. The molecule has 10 nitrogen and oxygen atoms in total. The summed E-state index contributed by atoms with van der Waals surface area (Å²) in [5.74, 6) is 1.30. The first kappa shape index (κ1) is 29.1. The number of benzene rings is 2. The van der Waals surface area contributed by atoms with E-state index in [4.69, 9.17) is 14.2 Å². The lowest BCUT2D eigenvalue weighted by Crippen LogP contribution is -2.49. The van der Waals surface area contributed by atoms with Crippen LogP contribution < -0.4 is 23.8 Å². The highest BCUT2D eigenvalue weighted by Crippen LogP contribution is 2.34. The molecule has 2 aromatic rings. The molecule has 0 aromatic heterocycles. The van der Waals surface area contributed by atoms with Crippen molar-refractivity contribution in [3.8, 4) is 17.2 Å². The molecule has 1 N–H and O–H groups in total. The Morgan fingerprint density at radius 2 is 1.74 bits per heavy atom. The van der Waals surface area contributed by atoms with E-state index in [0.29, 0.717) is 49.1 Å². The number of fused-ring (bicyclic) bond motifs is 1. The van der Waals surface area contributed by atoms with Gasteiger partial charge in [0.1, 0.15) is 25.0 Å². The van der Waals surface area contributed by atoms with Crippen molar-refractivity contribution in [2.75, 3.05) is 44.0 Å². The van der Waals surface area contributed by atoms with E-state index in [1.807, 2.05) is 38.1 Å². The van der Waals surface area contributed by atoms with Crippen molar-refractivity contribution < 1.29 is 32.2 Å². The first-order chi connectivity index (χ1) is 18.2. The van der Waals surface area contributed by atoms with Gasteiger partial charge in [0, 0.05) is 32.1 Å². The van der Waals surface area contributed by atoms with Crippen LogP contribution in [0.3, 0.4) is 0 Å². The van der Waals surface area contributed by atoms with E-state index in [1.54, 1.807) is 30.2 Å². The van der Waals surface area contributed by atoms with Gasteiger partial charge < -0.3 is 24.4 Å². The molecular formula is C27H37N3O7S. The Kier molecular flexibility index (Phi) is 10.2. The Morgan fingerprint density at radius 1 is 1.05 bits per heavy atom. The van der Waals surface area contributed by atoms with Gasteiger partial charge >= 0.3 is 0 Å². The SMILES string of the molecule is CCNC(=O)[C@@H](CC)N(Cc1ccc(OC)cc1)C(=O)CCCN(c1ccc2c(c1)OCCO2)S(C)(=O)=O. The number of likely N-dealkylation sites (N-methyl/N-ethyl adjacent to an activating group) is 1. The van der Waals surface area contributed by atoms with E-state index in [0.717, 1.165) is 11.8 Å². The zero-order valence-corrected chi connectivity index (χ0v) is 23.3. The molecule has 2 amide bonds. The average molecular weight is 548 g/mol. The van der Waals surface area contributed by atoms with E-state index in [-0.39, 0.29) is 37.7 Å². The second-order valence-corrected chi connectivity index (χ2v) is 10.9. The van der Waals surface area contributed by atoms with Crippen LogP contribution in [0.4, 0.5) is 5.69 Å². The van der Waals surface area contributed by atoms with E-state index < -0.39 is 16.1 Å². The van der Waals surface area contributed by atoms with Gasteiger partial charge in [-0.15, -0.1) is 0 Å². The number of amides is 2. The molecule has 38 heavy (non-hydrogen) atoms. The quantitative estimate of drug-likeness (QED) is 0.410. The van der Waals surface area contributed by atoms with Gasteiger partial charge in [-0.25, -0.2) is 8.42 Å². The Balaban J connectivity index is 1.75. The third-order valence-corrected chi connectivity index (χ3v) is 7.41. The number of sulfonamides is 1. The third kappa shape index (κ3) is 7.53. The van der Waals surface area contributed by atoms with Crippen LogP contribution in [0.25, 0.3) is 0 Å². The summed E-state index contributed by atoms with van der Waals surface area (Å²) >= 11 is 0. The number of nitrogens with zero attached hydrogens (tertiary/aromatic N) is 2. The van der Waals surface area contributed by atoms with Gasteiger partial charge in [-0.3, -0.25) is 13.9 Å². The van der Waals surface area contributed by atoms with Crippen LogP contribution >= 0.6 is 0 Å². The van der Waals surface area contributed by atoms with Gasteiger partial charge in [-0.1, -0.05) is 19.1 Å². The molecule has 1 heterocycles. The summed E-state index contributed by atoms with van der Waals surface area (Å²) in [5.41, 5.74) is 1.30. The molecule has 2 aromatic carbocycles. The van der Waals surface area contributed by atoms with Gasteiger partial charge in [-0.2, -0.15) is 0 Å². The summed E-state index contributed by atoms with van der Waals surface area (Å²) in [5, 5.41) is 2.81. The summed E-state index contributed by atoms with van der Waals surface area (Å²) in [6.07, 6.45) is 1.91. The molecule has 0 unspecified atom stereocenters. The number of methoxy groups -OCH3 is 1. The monoisotopic (exact) mass is 547 g/mol. The van der Waals surface area contributed by atoms with E-state index in [1.165, 1.54) is 4.31 Å². The highest BCUT2D eigenvalue weighted by Gasteiger charge is 2.29. The summed E-state index contributed by atoms with van der Waals surface area (Å²) in [6.45, 7) is 5.32. The second-order valence-electron chi connectivity index (χ2n) is 8.95. The molecule has 0 spiro atoms. The van der Waals surface area contributed by atoms with Crippen molar-refractivity contribution in [1.29, 1.82) is 0 Å². The number of anilines is 1. The minimum absolute atomic E-state index is 0.0721. The van der Waals surface area contributed by atoms with E-state index in [9.17, 15) is 18.0 Å². The van der Waals surface area contributed by atoms with Crippen LogP contribution in [0.2, 0.25) is 0 Å². The van der Waals surface area contributed by atoms with Gasteiger partial charge in [-0.05, 0) is 49.6 Å². The third-order valence-electron chi connectivity index (χ3n) is 6.21. The van der Waals surface area contributed by atoms with Gasteiger partial charge in [0.05, 0.1) is 19.1 Å². The first-order valence-corrected chi connectivity index (χ1v) is 14.6. The van der Waals surface area contributed by atoms with Gasteiger partial charge in [0.15, 0.2) is 11.5 Å². The van der Waals surface area contributed by atoms with Gasteiger partial charge in [0.25, 0.3) is 0 Å². The molecule has 11 heteroatoms. The van der Waals surface area contributed by atoms with Crippen LogP contribution in [0, 0.1) is 0 Å². The molecule has 0 saturated heterocycles. The summed E-state index contributed by atoms with van der Waals surface area (Å²) in [6, 6.07) is 11.7. The number of carbonyl (C=O) groups excluding carboxylic acids is 2. The number of hydrogen-bond acceptors (Lipinski definition) is 7. The maximum absolute atomic E-state index is 13.5. The average Bonchev–Trinajstić information content (AvgIpc) is 2.90. The Hall–Kier alpha value is -3.47. The predicted molar refractivity (Wildman–Crippen MR) is 145 cm³/mol. The van der Waals surface area contributed by atoms with Crippen molar-refractivity contribution in [3.63, 3.8) is 0 Å². The molecule has 0 aliphatic carbocycles. The molecule has 1 aliphatic heterocycles. The van der Waals surface area contributed by atoms with Crippen molar-refractivity contribution in [3.05, 3.63) is 48.0 Å². The van der Waals surface area contributed by atoms with Crippen LogP contribution in [0.15, 0.2) is 42.5 Å². The summed E-state index contributed by atoms with van der Waals surface area (Å²) < 4.78 is 42.8. The topological polar surface area (TPSA) is 114 Å². The van der Waals surface area contributed by atoms with Crippen LogP contribution in [0.5, 0.6) is 17.2 Å². The normalized spacial score (nSPS) is 13.4. The molecule has 3 rings (SSSR count). The van der Waals surface area contributed by atoms with Crippen molar-refractivity contribution >= 4 is 27.5 Å². The van der Waals surface area contributed by atoms with E-state index >= 15 is 0 Å². The molecule has 1 aliphatic rings. The van der Waals surface area contributed by atoms with Gasteiger partial charge in [0.2, 0.25) is 21.8 Å². The number of carbonyl (C=O) groups is 2. The van der Waals surface area contributed by atoms with Crippen LogP contribution in [-0.4, -0.2) is 70.8 Å². The lowest BCUT2D eigenvalue weighted by Gasteiger charge is -2.31. The highest BCUT2D eigenvalue weighted by molar-refractivity contribution is 7.92. The summed E-state index contributed by atoms with van der Waals surface area (Å²) in [7, 11) is -2.04. The molecule has 0 saturated carbocycles. The fourth-order valence-corrected chi connectivity index (χ4v) is 5.29. The van der Waals surface area contributed by atoms with Crippen molar-refractivity contribution in [1.82, 2.24) is 10.2 Å². The maximum Gasteiger partial charge on any atom is 0.242 e. The number of nitrogens with one attached hydrogen (secondary N) is 1. The van der Waals surface area contributed by atoms with Crippen LogP contribution in [-0.2, 0) is 26.2 Å². The molecule has 0 bridgehead atoms. The summed E-state index contributed by atoms with van der Waals surface area (Å²) in [4.78, 5) is 27.8. The largest absolute Gasteiger partial charge is 0.497 e. The molecule has 0 radical (unpaired) electrons. The Bertz CT molecular complexity index is 1200. The fourth-order valence-electron chi connectivity index (χ4n) is 4.33. The maximum atomic E-state index is 13.5. The van der Waals surface area contributed by atoms with Crippen molar-refractivity contribution in [2.45, 2.75) is 45.7 Å². The lowest BCUT2D eigenvalue weighted by atomic mass is 10.1. The first-order valence-electron chi connectivity index (χ1n) is 12.7. The predicted octanol–water partition coefficient (Wildman–Crippen LogP) is 2.96. The standard InChI is InChI=1S/C27H37N3O7S/c1-5-23(27(32)28-6-2)29(19-20-9-12-22(35-3)13-10-20)26(31)8-7-15-30(38(4,33)34)21-11-14-24-25(18-21)37-17-16-36-24/h9-14,18,23H,5-8,15-17,19H2,1-4H3,(H,28,32)/t23-/m1/s1. The minimum atomic E-state index is -3.62. The number of ether oxygens (including phenoxy) is 3. The Morgan fingerprint density at radius 3 is 2.34 bits per heavy atom.